The molecule has 1 atom stereocenters. The van der Waals surface area contributed by atoms with Crippen LogP contribution in [0.25, 0.3) is 0 Å². The van der Waals surface area contributed by atoms with Crippen LogP contribution in [0.4, 0.5) is 10.1 Å². The Labute approximate surface area is 110 Å². The highest BCUT2D eigenvalue weighted by Crippen LogP contribution is 2.26. The molecule has 8 heteroatoms. The smallest absolute Gasteiger partial charge is 0.242 e. The van der Waals surface area contributed by atoms with Gasteiger partial charge in [-0.25, -0.2) is 17.5 Å². The van der Waals surface area contributed by atoms with E-state index < -0.39 is 21.9 Å². The van der Waals surface area contributed by atoms with Crippen molar-refractivity contribution in [3.05, 3.63) is 23.0 Å². The Kier molecular flexibility index (Phi) is 4.92. The zero-order valence-corrected chi connectivity index (χ0v) is 11.2. The van der Waals surface area contributed by atoms with Gasteiger partial charge in [-0.05, 0) is 18.6 Å². The Morgan fingerprint density at radius 1 is 1.56 bits per heavy atom. The van der Waals surface area contributed by atoms with Gasteiger partial charge >= 0.3 is 0 Å². The van der Waals surface area contributed by atoms with Gasteiger partial charge in [0.15, 0.2) is 0 Å². The number of aliphatic hydroxyl groups excluding tert-OH is 1. The lowest BCUT2D eigenvalue weighted by Crippen LogP contribution is -2.37. The van der Waals surface area contributed by atoms with E-state index in [4.69, 9.17) is 22.4 Å². The zero-order valence-electron chi connectivity index (χ0n) is 9.65. The van der Waals surface area contributed by atoms with Crippen LogP contribution in [0, 0.1) is 5.82 Å². The second kappa shape index (κ2) is 5.83. The standard InChI is InChI=1S/C10H14ClFN2O3S/c1-2-6(5-15)14-18(16,17)10-4-9(13)8(12)3-7(10)11/h3-4,6,14-15H,2,5,13H2,1H3/t6-/m1/s1. The molecule has 102 valence electrons. The molecule has 0 heterocycles. The SMILES string of the molecule is CC[C@H](CO)NS(=O)(=O)c1cc(N)c(F)cc1Cl. The van der Waals surface area contributed by atoms with Crippen LogP contribution >= 0.6 is 11.6 Å². The number of nitrogens with one attached hydrogen (secondary N) is 1. The lowest BCUT2D eigenvalue weighted by atomic mass is 10.3. The number of benzene rings is 1. The van der Waals surface area contributed by atoms with Gasteiger partial charge in [-0.2, -0.15) is 0 Å². The molecular weight excluding hydrogens is 283 g/mol. The molecule has 0 aliphatic heterocycles. The molecule has 0 saturated heterocycles. The van der Waals surface area contributed by atoms with Gasteiger partial charge in [-0.3, -0.25) is 0 Å². The molecule has 0 aliphatic carbocycles. The number of halogens is 2. The van der Waals surface area contributed by atoms with Gasteiger partial charge < -0.3 is 10.8 Å². The summed E-state index contributed by atoms with van der Waals surface area (Å²) in [6, 6.07) is 1.16. The fraction of sp³-hybridized carbons (Fsp3) is 0.400. The third-order valence-corrected chi connectivity index (χ3v) is 4.36. The Morgan fingerprint density at radius 2 is 2.17 bits per heavy atom. The Morgan fingerprint density at radius 3 is 2.67 bits per heavy atom. The van der Waals surface area contributed by atoms with Crippen molar-refractivity contribution in [2.24, 2.45) is 0 Å². The van der Waals surface area contributed by atoms with Gasteiger partial charge in [0.25, 0.3) is 0 Å². The summed E-state index contributed by atoms with van der Waals surface area (Å²) in [5.74, 6) is -0.784. The van der Waals surface area contributed by atoms with Gasteiger partial charge in [-0.15, -0.1) is 0 Å². The lowest BCUT2D eigenvalue weighted by molar-refractivity contribution is 0.254. The number of aliphatic hydroxyl groups is 1. The summed E-state index contributed by atoms with van der Waals surface area (Å²) in [4.78, 5) is -0.310. The summed E-state index contributed by atoms with van der Waals surface area (Å²) in [7, 11) is -3.94. The van der Waals surface area contributed by atoms with E-state index in [2.05, 4.69) is 4.72 Å². The van der Waals surface area contributed by atoms with E-state index in [9.17, 15) is 12.8 Å². The van der Waals surface area contributed by atoms with Crippen LogP contribution < -0.4 is 10.5 Å². The van der Waals surface area contributed by atoms with Crippen LogP contribution in [-0.4, -0.2) is 26.2 Å². The van der Waals surface area contributed by atoms with Crippen LogP contribution in [0.15, 0.2) is 17.0 Å². The molecule has 0 bridgehead atoms. The van der Waals surface area contributed by atoms with E-state index in [0.717, 1.165) is 12.1 Å². The molecule has 0 unspecified atom stereocenters. The number of nitrogens with two attached hydrogens (primary N) is 1. The molecule has 0 aromatic heterocycles. The second-order valence-electron chi connectivity index (χ2n) is 3.71. The van der Waals surface area contributed by atoms with E-state index in [-0.39, 0.29) is 22.2 Å². The van der Waals surface area contributed by atoms with E-state index >= 15 is 0 Å². The largest absolute Gasteiger partial charge is 0.396 e. The highest BCUT2D eigenvalue weighted by atomic mass is 35.5. The molecule has 0 fully saturated rings. The third kappa shape index (κ3) is 3.32. The van der Waals surface area contributed by atoms with E-state index in [1.807, 2.05) is 0 Å². The number of nitrogen functional groups attached to an aromatic ring is 1. The third-order valence-electron chi connectivity index (χ3n) is 2.38. The predicted octanol–water partition coefficient (Wildman–Crippen LogP) is 1.11. The maximum absolute atomic E-state index is 13.1. The molecule has 0 amide bonds. The molecule has 0 saturated carbocycles. The quantitative estimate of drug-likeness (QED) is 0.710. The van der Waals surface area contributed by atoms with Gasteiger partial charge in [0.1, 0.15) is 10.7 Å². The van der Waals surface area contributed by atoms with Crippen LogP contribution in [-0.2, 0) is 10.0 Å². The first kappa shape index (κ1) is 15.2. The van der Waals surface area contributed by atoms with Crippen molar-refractivity contribution in [2.45, 2.75) is 24.3 Å². The van der Waals surface area contributed by atoms with Crippen molar-refractivity contribution >= 4 is 27.3 Å². The Hall–Kier alpha value is -0.890. The van der Waals surface area contributed by atoms with Crippen molar-refractivity contribution in [1.29, 1.82) is 0 Å². The van der Waals surface area contributed by atoms with Crippen LogP contribution in [0.5, 0.6) is 0 Å². The predicted molar refractivity (Wildman–Crippen MR) is 67.3 cm³/mol. The van der Waals surface area contributed by atoms with Crippen molar-refractivity contribution in [2.75, 3.05) is 12.3 Å². The topological polar surface area (TPSA) is 92.4 Å². The molecule has 4 N–H and O–H groups in total. The summed E-state index contributed by atoms with van der Waals surface area (Å²) in [6.07, 6.45) is 0.407. The molecule has 0 spiro atoms. The van der Waals surface area contributed by atoms with E-state index in [0.29, 0.717) is 6.42 Å². The highest BCUT2D eigenvalue weighted by molar-refractivity contribution is 7.89. The fourth-order valence-electron chi connectivity index (χ4n) is 1.28. The summed E-state index contributed by atoms with van der Waals surface area (Å²) in [5, 5.41) is 8.70. The minimum Gasteiger partial charge on any atom is -0.396 e. The summed E-state index contributed by atoms with van der Waals surface area (Å²) < 4.78 is 39.3. The molecule has 18 heavy (non-hydrogen) atoms. The van der Waals surface area contributed by atoms with Crippen LogP contribution in [0.2, 0.25) is 5.02 Å². The molecule has 1 rings (SSSR count). The van der Waals surface area contributed by atoms with Gasteiger partial charge in [0.2, 0.25) is 10.0 Å². The number of hydrogen-bond donors (Lipinski definition) is 3. The summed E-state index contributed by atoms with van der Waals surface area (Å²) >= 11 is 5.68. The molecule has 0 aliphatic rings. The van der Waals surface area contributed by atoms with Crippen molar-refractivity contribution in [3.8, 4) is 0 Å². The minimum absolute atomic E-state index is 0.262. The van der Waals surface area contributed by atoms with E-state index in [1.54, 1.807) is 6.92 Å². The van der Waals surface area contributed by atoms with Gasteiger partial charge in [-0.1, -0.05) is 18.5 Å². The van der Waals surface area contributed by atoms with E-state index in [1.165, 1.54) is 0 Å². The summed E-state index contributed by atoms with van der Waals surface area (Å²) in [6.45, 7) is 1.37. The van der Waals surface area contributed by atoms with Crippen molar-refractivity contribution in [1.82, 2.24) is 4.72 Å². The van der Waals surface area contributed by atoms with Crippen LogP contribution in [0.1, 0.15) is 13.3 Å². The number of hydrogen-bond acceptors (Lipinski definition) is 4. The first-order valence-corrected chi connectivity index (χ1v) is 7.05. The highest BCUT2D eigenvalue weighted by Gasteiger charge is 2.22. The molecule has 1 aromatic carbocycles. The van der Waals surface area contributed by atoms with Gasteiger partial charge in [0.05, 0.1) is 17.3 Å². The maximum Gasteiger partial charge on any atom is 0.242 e. The average Bonchev–Trinajstić information content (AvgIpc) is 2.30. The average molecular weight is 297 g/mol. The minimum atomic E-state index is -3.94. The molecular formula is C10H14ClFN2O3S. The second-order valence-corrected chi connectivity index (χ2v) is 5.80. The Balaban J connectivity index is 3.16. The molecule has 5 nitrogen and oxygen atoms in total. The first-order valence-electron chi connectivity index (χ1n) is 5.19. The number of sulfonamides is 1. The molecule has 1 aromatic rings. The normalized spacial score (nSPS) is 13.6. The first-order chi connectivity index (χ1) is 8.31. The van der Waals surface area contributed by atoms with Gasteiger partial charge in [0, 0.05) is 6.04 Å². The number of anilines is 1. The Bertz CT molecular complexity index is 532. The monoisotopic (exact) mass is 296 g/mol. The van der Waals surface area contributed by atoms with Crippen molar-refractivity contribution in [3.63, 3.8) is 0 Å². The van der Waals surface area contributed by atoms with Crippen LogP contribution in [0.3, 0.4) is 0 Å². The summed E-state index contributed by atoms with van der Waals surface area (Å²) in [5.41, 5.74) is 5.00. The maximum atomic E-state index is 13.1. The lowest BCUT2D eigenvalue weighted by Gasteiger charge is -2.15. The molecule has 0 radical (unpaired) electrons. The fourth-order valence-corrected chi connectivity index (χ4v) is 3.14. The van der Waals surface area contributed by atoms with Crippen molar-refractivity contribution < 1.29 is 17.9 Å². The zero-order chi connectivity index (χ0) is 13.9. The number of rotatable bonds is 5.